The summed E-state index contributed by atoms with van der Waals surface area (Å²) < 4.78 is 0. The molecule has 0 saturated heterocycles. The summed E-state index contributed by atoms with van der Waals surface area (Å²) in [5, 5.41) is 4.23. The molecule has 2 unspecified atom stereocenters. The summed E-state index contributed by atoms with van der Waals surface area (Å²) in [7, 11) is 0. The molecule has 3 heteroatoms. The van der Waals surface area contributed by atoms with Gasteiger partial charge in [-0.2, -0.15) is 5.10 Å². The Hall–Kier alpha value is -2.42. The monoisotopic (exact) mass is 292 g/mol. The van der Waals surface area contributed by atoms with Crippen molar-refractivity contribution in [2.24, 2.45) is 11.0 Å². The lowest BCUT2D eigenvalue weighted by Crippen LogP contribution is -2.21. The summed E-state index contributed by atoms with van der Waals surface area (Å²) in [6.45, 7) is 3.96. The number of nitrogens with zero attached hydrogens (tertiary/aromatic N) is 1. The van der Waals surface area contributed by atoms with Gasteiger partial charge in [0.25, 0.3) is 0 Å². The van der Waals surface area contributed by atoms with Gasteiger partial charge in [-0.3, -0.25) is 4.79 Å². The Bertz CT molecular complexity index is 689. The summed E-state index contributed by atoms with van der Waals surface area (Å²) in [5.74, 6) is 0.411. The second-order valence-electron chi connectivity index (χ2n) is 5.90. The fraction of sp³-hybridized carbons (Fsp3) is 0.263. The average Bonchev–Trinajstić information content (AvgIpc) is 3.34. The van der Waals surface area contributed by atoms with Crippen LogP contribution in [0.1, 0.15) is 36.0 Å². The van der Waals surface area contributed by atoms with Gasteiger partial charge in [0.15, 0.2) is 0 Å². The lowest BCUT2D eigenvalue weighted by molar-refractivity contribution is -0.122. The number of carbonyl (C=O) groups is 1. The van der Waals surface area contributed by atoms with Gasteiger partial charge in [-0.05, 0) is 37.3 Å². The lowest BCUT2D eigenvalue weighted by atomic mass is 10.1. The first-order chi connectivity index (χ1) is 10.6. The van der Waals surface area contributed by atoms with E-state index >= 15 is 0 Å². The molecule has 0 spiro atoms. The van der Waals surface area contributed by atoms with E-state index in [4.69, 9.17) is 0 Å². The summed E-state index contributed by atoms with van der Waals surface area (Å²) in [5.41, 5.74) is 7.01. The Kier molecular flexibility index (Phi) is 4.05. The smallest absolute Gasteiger partial charge is 0.243 e. The molecule has 1 aliphatic rings. The van der Waals surface area contributed by atoms with Crippen LogP contribution in [-0.4, -0.2) is 11.6 Å². The van der Waals surface area contributed by atoms with E-state index in [1.54, 1.807) is 0 Å². The third-order valence-electron chi connectivity index (χ3n) is 4.16. The van der Waals surface area contributed by atoms with Crippen LogP contribution in [0.2, 0.25) is 0 Å². The summed E-state index contributed by atoms with van der Waals surface area (Å²) in [4.78, 5) is 12.2. The van der Waals surface area contributed by atoms with Crippen molar-refractivity contribution in [3.63, 3.8) is 0 Å². The zero-order valence-electron chi connectivity index (χ0n) is 12.9. The number of nitrogens with one attached hydrogen (secondary N) is 1. The fourth-order valence-corrected chi connectivity index (χ4v) is 2.63. The minimum absolute atomic E-state index is 0.0142. The quantitative estimate of drug-likeness (QED) is 0.678. The number of rotatable bonds is 4. The van der Waals surface area contributed by atoms with Crippen LogP contribution in [0.3, 0.4) is 0 Å². The Labute approximate surface area is 131 Å². The van der Waals surface area contributed by atoms with Gasteiger partial charge in [-0.15, -0.1) is 0 Å². The molecule has 0 heterocycles. The molecular weight excluding hydrogens is 272 g/mol. The number of carbonyl (C=O) groups excluding carboxylic acids is 1. The minimum Gasteiger partial charge on any atom is -0.273 e. The highest BCUT2D eigenvalue weighted by Gasteiger charge is 2.43. The highest BCUT2D eigenvalue weighted by Crippen LogP contribution is 2.47. The Morgan fingerprint density at radius 2 is 1.77 bits per heavy atom. The van der Waals surface area contributed by atoms with E-state index in [2.05, 4.69) is 29.6 Å². The predicted molar refractivity (Wildman–Crippen MR) is 88.8 cm³/mol. The molecule has 3 nitrogen and oxygen atoms in total. The first-order valence-corrected chi connectivity index (χ1v) is 7.61. The van der Waals surface area contributed by atoms with Gasteiger partial charge >= 0.3 is 0 Å². The molecule has 22 heavy (non-hydrogen) atoms. The molecule has 1 aliphatic carbocycles. The van der Waals surface area contributed by atoms with Crippen molar-refractivity contribution in [3.05, 3.63) is 71.3 Å². The van der Waals surface area contributed by atoms with Gasteiger partial charge in [-0.25, -0.2) is 5.43 Å². The predicted octanol–water partition coefficient (Wildman–Crippen LogP) is 3.64. The van der Waals surface area contributed by atoms with E-state index in [0.717, 1.165) is 17.7 Å². The van der Waals surface area contributed by atoms with E-state index in [9.17, 15) is 4.79 Å². The van der Waals surface area contributed by atoms with E-state index < -0.39 is 0 Å². The average molecular weight is 292 g/mol. The molecule has 2 aromatic rings. The standard InChI is InChI=1S/C19H20N2O/c1-13-8-10-15(11-9-13)14(2)20-21-19(22)18-12-17(18)16-6-4-3-5-7-16/h3-11,17-18H,12H2,1-2H3,(H,21,22)/b20-14+. The number of hydrogen-bond donors (Lipinski definition) is 1. The van der Waals surface area contributed by atoms with Crippen LogP contribution in [-0.2, 0) is 4.79 Å². The third kappa shape index (κ3) is 3.25. The third-order valence-corrected chi connectivity index (χ3v) is 4.16. The minimum atomic E-state index is 0.0142. The number of aryl methyl sites for hydroxylation is 1. The van der Waals surface area contributed by atoms with Crippen molar-refractivity contribution in [1.29, 1.82) is 0 Å². The van der Waals surface area contributed by atoms with Gasteiger partial charge in [0.1, 0.15) is 0 Å². The Morgan fingerprint density at radius 1 is 1.09 bits per heavy atom. The molecule has 1 amide bonds. The van der Waals surface area contributed by atoms with E-state index in [1.165, 1.54) is 11.1 Å². The van der Waals surface area contributed by atoms with Gasteiger partial charge in [0.05, 0.1) is 5.71 Å². The largest absolute Gasteiger partial charge is 0.273 e. The van der Waals surface area contributed by atoms with Crippen LogP contribution < -0.4 is 5.43 Å². The number of hydrazone groups is 1. The van der Waals surface area contributed by atoms with Crippen LogP contribution in [0.15, 0.2) is 59.7 Å². The first kappa shape index (κ1) is 14.5. The van der Waals surface area contributed by atoms with Crippen molar-refractivity contribution < 1.29 is 4.79 Å². The number of amides is 1. The summed E-state index contributed by atoms with van der Waals surface area (Å²) >= 11 is 0. The maximum Gasteiger partial charge on any atom is 0.243 e. The second kappa shape index (κ2) is 6.14. The van der Waals surface area contributed by atoms with Crippen molar-refractivity contribution in [2.45, 2.75) is 26.2 Å². The van der Waals surface area contributed by atoms with Crippen LogP contribution >= 0.6 is 0 Å². The van der Waals surface area contributed by atoms with E-state index in [-0.39, 0.29) is 11.8 Å². The van der Waals surface area contributed by atoms with Crippen LogP contribution in [0.25, 0.3) is 0 Å². The number of hydrogen-bond acceptors (Lipinski definition) is 2. The van der Waals surface area contributed by atoms with Crippen LogP contribution in [0.5, 0.6) is 0 Å². The van der Waals surface area contributed by atoms with Crippen molar-refractivity contribution in [1.82, 2.24) is 5.43 Å². The second-order valence-corrected chi connectivity index (χ2v) is 5.90. The molecule has 2 aromatic carbocycles. The SMILES string of the molecule is C/C(=N\NC(=O)C1CC1c1ccccc1)c1ccc(C)cc1. The Balaban J connectivity index is 1.59. The topological polar surface area (TPSA) is 41.5 Å². The molecule has 2 atom stereocenters. The van der Waals surface area contributed by atoms with E-state index in [0.29, 0.717) is 5.92 Å². The zero-order valence-corrected chi connectivity index (χ0v) is 12.9. The maximum atomic E-state index is 12.2. The highest BCUT2D eigenvalue weighted by molar-refractivity contribution is 5.99. The number of benzene rings is 2. The molecule has 1 fully saturated rings. The van der Waals surface area contributed by atoms with Crippen molar-refractivity contribution in [2.75, 3.05) is 0 Å². The zero-order chi connectivity index (χ0) is 15.5. The van der Waals surface area contributed by atoms with E-state index in [1.807, 2.05) is 49.4 Å². The van der Waals surface area contributed by atoms with Crippen LogP contribution in [0.4, 0.5) is 0 Å². The summed E-state index contributed by atoms with van der Waals surface area (Å²) in [6.07, 6.45) is 0.912. The molecule has 0 bridgehead atoms. The van der Waals surface area contributed by atoms with Crippen molar-refractivity contribution >= 4 is 11.6 Å². The molecule has 0 aliphatic heterocycles. The fourth-order valence-electron chi connectivity index (χ4n) is 2.63. The highest BCUT2D eigenvalue weighted by atomic mass is 16.2. The first-order valence-electron chi connectivity index (χ1n) is 7.61. The normalized spacial score (nSPS) is 20.5. The van der Waals surface area contributed by atoms with Crippen molar-refractivity contribution in [3.8, 4) is 0 Å². The molecule has 3 rings (SSSR count). The summed E-state index contributed by atoms with van der Waals surface area (Å²) in [6, 6.07) is 18.3. The lowest BCUT2D eigenvalue weighted by Gasteiger charge is -2.03. The Morgan fingerprint density at radius 3 is 2.45 bits per heavy atom. The van der Waals surface area contributed by atoms with Gasteiger partial charge in [0.2, 0.25) is 5.91 Å². The van der Waals surface area contributed by atoms with Gasteiger partial charge in [-0.1, -0.05) is 60.2 Å². The van der Waals surface area contributed by atoms with Crippen LogP contribution in [0, 0.1) is 12.8 Å². The maximum absolute atomic E-state index is 12.2. The molecule has 1 N–H and O–H groups in total. The molecule has 0 aromatic heterocycles. The molecule has 0 radical (unpaired) electrons. The molecule has 1 saturated carbocycles. The van der Waals surface area contributed by atoms with Gasteiger partial charge < -0.3 is 0 Å². The van der Waals surface area contributed by atoms with Gasteiger partial charge in [0, 0.05) is 5.92 Å². The molecular formula is C19H20N2O. The molecule has 112 valence electrons.